The van der Waals surface area contributed by atoms with Gasteiger partial charge < -0.3 is 0 Å². The van der Waals surface area contributed by atoms with Crippen LogP contribution >= 0.6 is 31.5 Å². The average molecular weight is 504 g/mol. The SMILES string of the molecule is CC(=Nc1ccc(C)cc1)c1ccc(C(C)=Nc2ccc([N+](=O)[O-])cc2)s1.[Cl][Fe][Cl]. The first kappa shape index (κ1) is 24.3. The van der Waals surface area contributed by atoms with E-state index in [1.54, 1.807) is 23.5 Å². The number of nitrogens with zero attached hydrogens (tertiary/aromatic N) is 3. The Morgan fingerprint density at radius 2 is 1.27 bits per heavy atom. The van der Waals surface area contributed by atoms with Crippen molar-refractivity contribution in [2.75, 3.05) is 0 Å². The zero-order chi connectivity index (χ0) is 22.1. The summed E-state index contributed by atoms with van der Waals surface area (Å²) in [6.07, 6.45) is 0. The van der Waals surface area contributed by atoms with Crippen LogP contribution in [0.3, 0.4) is 0 Å². The second-order valence-corrected chi connectivity index (χ2v) is 9.13. The molecule has 9 heteroatoms. The molecule has 2 aromatic carbocycles. The summed E-state index contributed by atoms with van der Waals surface area (Å²) in [5.74, 6) is 0. The van der Waals surface area contributed by atoms with Crippen LogP contribution < -0.4 is 0 Å². The first-order valence-corrected chi connectivity index (χ1v) is 12.6. The van der Waals surface area contributed by atoms with Crippen LogP contribution in [0.4, 0.5) is 17.1 Å². The van der Waals surface area contributed by atoms with E-state index in [9.17, 15) is 10.1 Å². The van der Waals surface area contributed by atoms with Crippen molar-refractivity contribution in [1.82, 2.24) is 0 Å². The van der Waals surface area contributed by atoms with Crippen molar-refractivity contribution in [1.29, 1.82) is 0 Å². The van der Waals surface area contributed by atoms with Crippen LogP contribution in [0.15, 0.2) is 70.6 Å². The predicted octanol–water partition coefficient (Wildman–Crippen LogP) is 7.62. The number of thiophene rings is 1. The molecule has 0 aliphatic rings. The van der Waals surface area contributed by atoms with Gasteiger partial charge in [-0.15, -0.1) is 11.3 Å². The van der Waals surface area contributed by atoms with E-state index >= 15 is 0 Å². The van der Waals surface area contributed by atoms with Crippen LogP contribution in [0.25, 0.3) is 0 Å². The summed E-state index contributed by atoms with van der Waals surface area (Å²) in [5.41, 5.74) is 4.72. The monoisotopic (exact) mass is 503 g/mol. The standard InChI is InChI=1S/C21H19N3O2S.2ClH.Fe/c1-14-4-6-17(7-5-14)22-15(2)20-12-13-21(27-20)16(3)23-18-8-10-19(11-9-18)24(25)26;;;/h4-13H,1-3H3;2*1H;/q;;;+2/p-2. The topological polar surface area (TPSA) is 67.9 Å². The van der Waals surface area contributed by atoms with Gasteiger partial charge in [0.05, 0.1) is 27.7 Å². The Hall–Kier alpha value is -2.02. The number of non-ortho nitro benzene ring substituents is 1. The molecular weight excluding hydrogens is 485 g/mol. The van der Waals surface area contributed by atoms with Gasteiger partial charge in [-0.05, 0) is 57.2 Å². The fourth-order valence-corrected chi connectivity index (χ4v) is 3.39. The average Bonchev–Trinajstić information content (AvgIpc) is 3.21. The van der Waals surface area contributed by atoms with Gasteiger partial charge in [-0.3, -0.25) is 20.1 Å². The van der Waals surface area contributed by atoms with Gasteiger partial charge in [0.25, 0.3) is 5.69 Å². The molecular formula is C21H19Cl2FeN3O2S. The quantitative estimate of drug-likeness (QED) is 0.155. The molecule has 0 N–H and O–H groups in total. The number of rotatable bonds is 5. The summed E-state index contributed by atoms with van der Waals surface area (Å²) in [6.45, 7) is 5.99. The number of aliphatic imine (C=N–C) groups is 2. The Morgan fingerprint density at radius 1 is 0.867 bits per heavy atom. The molecule has 30 heavy (non-hydrogen) atoms. The van der Waals surface area contributed by atoms with Crippen molar-refractivity contribution in [3.8, 4) is 0 Å². The Morgan fingerprint density at radius 3 is 1.67 bits per heavy atom. The first-order valence-electron chi connectivity index (χ1n) is 8.71. The molecule has 0 unspecified atom stereocenters. The van der Waals surface area contributed by atoms with E-state index in [-0.39, 0.29) is 18.8 Å². The maximum absolute atomic E-state index is 10.7. The molecule has 0 saturated carbocycles. The summed E-state index contributed by atoms with van der Waals surface area (Å²) in [5, 5.41) is 10.7. The number of hydrogen-bond donors (Lipinski definition) is 0. The third kappa shape index (κ3) is 7.34. The second-order valence-electron chi connectivity index (χ2n) is 6.22. The zero-order valence-electron chi connectivity index (χ0n) is 16.4. The number of halogens is 2. The third-order valence-corrected chi connectivity index (χ3v) is 5.31. The van der Waals surface area contributed by atoms with E-state index in [2.05, 4.69) is 16.9 Å². The van der Waals surface area contributed by atoms with E-state index in [1.807, 2.05) is 50.2 Å². The second kappa shape index (κ2) is 12.0. The third-order valence-electron chi connectivity index (χ3n) is 4.01. The molecule has 1 heterocycles. The Kier molecular flexibility index (Phi) is 9.69. The number of benzene rings is 2. The van der Waals surface area contributed by atoms with Crippen molar-refractivity contribution in [2.45, 2.75) is 20.8 Å². The van der Waals surface area contributed by atoms with Gasteiger partial charge in [0.1, 0.15) is 0 Å². The molecule has 158 valence electrons. The number of aryl methyl sites for hydroxylation is 1. The van der Waals surface area contributed by atoms with Gasteiger partial charge in [-0.2, -0.15) is 0 Å². The molecule has 1 aromatic heterocycles. The molecule has 0 atom stereocenters. The molecule has 0 spiro atoms. The van der Waals surface area contributed by atoms with Gasteiger partial charge in [-0.25, -0.2) is 0 Å². The molecule has 0 amide bonds. The van der Waals surface area contributed by atoms with E-state index in [0.717, 1.165) is 26.9 Å². The predicted molar refractivity (Wildman–Crippen MR) is 124 cm³/mol. The van der Waals surface area contributed by atoms with Crippen molar-refractivity contribution in [3.05, 3.63) is 86.1 Å². The van der Waals surface area contributed by atoms with Gasteiger partial charge in [0.15, 0.2) is 0 Å². The summed E-state index contributed by atoms with van der Waals surface area (Å²) >= 11 is 1.82. The molecule has 3 rings (SSSR count). The fourth-order valence-electron chi connectivity index (χ4n) is 2.49. The van der Waals surface area contributed by atoms with E-state index in [1.165, 1.54) is 17.7 Å². The molecule has 0 bridgehead atoms. The number of nitro groups is 1. The summed E-state index contributed by atoms with van der Waals surface area (Å²) < 4.78 is 0. The molecule has 0 saturated heterocycles. The van der Waals surface area contributed by atoms with Gasteiger partial charge >= 0.3 is 33.3 Å². The van der Waals surface area contributed by atoms with Crippen molar-refractivity contribution in [2.24, 2.45) is 9.98 Å². The summed E-state index contributed by atoms with van der Waals surface area (Å²) in [7, 11) is 9.53. The van der Waals surface area contributed by atoms with Gasteiger partial charge in [-0.1, -0.05) is 17.7 Å². The molecule has 0 fully saturated rings. The van der Waals surface area contributed by atoms with Crippen LogP contribution in [0.2, 0.25) is 0 Å². The molecule has 0 radical (unpaired) electrons. The van der Waals surface area contributed by atoms with Crippen molar-refractivity contribution < 1.29 is 18.1 Å². The van der Waals surface area contributed by atoms with Crippen molar-refractivity contribution in [3.63, 3.8) is 0 Å². The van der Waals surface area contributed by atoms with Crippen LogP contribution in [0.5, 0.6) is 0 Å². The normalized spacial score (nSPS) is 11.8. The zero-order valence-corrected chi connectivity index (χ0v) is 19.9. The number of hydrogen-bond acceptors (Lipinski definition) is 5. The van der Waals surface area contributed by atoms with Crippen LogP contribution in [0, 0.1) is 17.0 Å². The minimum absolute atomic E-state index is 0.0629. The van der Waals surface area contributed by atoms with Crippen LogP contribution in [0.1, 0.15) is 29.2 Å². The fraction of sp³-hybridized carbons (Fsp3) is 0.143. The first-order chi connectivity index (χ1) is 14.3. The van der Waals surface area contributed by atoms with Gasteiger partial charge in [0, 0.05) is 21.9 Å². The minimum atomic E-state index is -0.415. The van der Waals surface area contributed by atoms with Gasteiger partial charge in [0.2, 0.25) is 0 Å². The number of nitro benzene ring substituents is 1. The summed E-state index contributed by atoms with van der Waals surface area (Å²) in [6, 6.07) is 18.4. The van der Waals surface area contributed by atoms with Crippen LogP contribution in [-0.2, 0) is 13.1 Å². The summed E-state index contributed by atoms with van der Waals surface area (Å²) in [4.78, 5) is 21.7. The van der Waals surface area contributed by atoms with E-state index in [4.69, 9.17) is 20.2 Å². The van der Waals surface area contributed by atoms with Crippen molar-refractivity contribution >= 4 is 60.0 Å². The van der Waals surface area contributed by atoms with E-state index in [0.29, 0.717) is 5.69 Å². The molecule has 0 aliphatic carbocycles. The maximum atomic E-state index is 10.7. The Labute approximate surface area is 194 Å². The molecule has 3 aromatic rings. The molecule has 5 nitrogen and oxygen atoms in total. The van der Waals surface area contributed by atoms with Crippen LogP contribution in [-0.4, -0.2) is 16.3 Å². The molecule has 0 aliphatic heterocycles. The Bertz CT molecular complexity index is 1050. The van der Waals surface area contributed by atoms with E-state index < -0.39 is 4.92 Å². The Balaban J connectivity index is 0.00000101.